The Labute approximate surface area is 147 Å². The zero-order valence-electron chi connectivity index (χ0n) is 14.6. The summed E-state index contributed by atoms with van der Waals surface area (Å²) < 4.78 is 7.45. The van der Waals surface area contributed by atoms with E-state index in [1.807, 2.05) is 18.3 Å². The molecule has 0 atom stereocenters. The SMILES string of the molecule is CCn1nc2cnc3cc(OC)ccc3c2c1CCc1ccccc1. The van der Waals surface area contributed by atoms with Crippen LogP contribution in [0.1, 0.15) is 18.2 Å². The third kappa shape index (κ3) is 2.84. The van der Waals surface area contributed by atoms with E-state index < -0.39 is 0 Å². The van der Waals surface area contributed by atoms with E-state index in [2.05, 4.69) is 53.0 Å². The Kier molecular flexibility index (Phi) is 4.10. The van der Waals surface area contributed by atoms with E-state index >= 15 is 0 Å². The number of aromatic nitrogens is 3. The van der Waals surface area contributed by atoms with Crippen LogP contribution in [0.25, 0.3) is 21.8 Å². The molecule has 25 heavy (non-hydrogen) atoms. The lowest BCUT2D eigenvalue weighted by Crippen LogP contribution is -2.04. The number of hydrogen-bond acceptors (Lipinski definition) is 3. The van der Waals surface area contributed by atoms with E-state index in [-0.39, 0.29) is 0 Å². The summed E-state index contributed by atoms with van der Waals surface area (Å²) in [4.78, 5) is 4.57. The quantitative estimate of drug-likeness (QED) is 0.544. The average molecular weight is 331 g/mol. The smallest absolute Gasteiger partial charge is 0.121 e. The highest BCUT2D eigenvalue weighted by molar-refractivity contribution is 6.06. The molecule has 4 aromatic rings. The van der Waals surface area contributed by atoms with Gasteiger partial charge in [-0.15, -0.1) is 0 Å². The predicted molar refractivity (Wildman–Crippen MR) is 101 cm³/mol. The fraction of sp³-hybridized carbons (Fsp3) is 0.238. The molecule has 0 amide bonds. The third-order valence-corrected chi connectivity index (χ3v) is 4.68. The van der Waals surface area contributed by atoms with Gasteiger partial charge in [-0.1, -0.05) is 30.3 Å². The van der Waals surface area contributed by atoms with Crippen LogP contribution < -0.4 is 4.74 Å². The van der Waals surface area contributed by atoms with Gasteiger partial charge in [-0.05, 0) is 37.5 Å². The minimum atomic E-state index is 0.827. The molecule has 2 aromatic carbocycles. The lowest BCUT2D eigenvalue weighted by molar-refractivity contribution is 0.415. The highest BCUT2D eigenvalue weighted by Gasteiger charge is 2.14. The van der Waals surface area contributed by atoms with Gasteiger partial charge in [0.05, 0.1) is 18.8 Å². The fourth-order valence-electron chi connectivity index (χ4n) is 3.41. The van der Waals surface area contributed by atoms with E-state index in [0.29, 0.717) is 0 Å². The van der Waals surface area contributed by atoms with Crippen molar-refractivity contribution in [2.75, 3.05) is 7.11 Å². The Morgan fingerprint density at radius 1 is 1.00 bits per heavy atom. The molecule has 4 heteroatoms. The molecule has 0 saturated heterocycles. The lowest BCUT2D eigenvalue weighted by atomic mass is 10.0. The number of nitrogens with zero attached hydrogens (tertiary/aromatic N) is 3. The van der Waals surface area contributed by atoms with Crippen molar-refractivity contribution < 1.29 is 4.74 Å². The van der Waals surface area contributed by atoms with Gasteiger partial charge >= 0.3 is 0 Å². The lowest BCUT2D eigenvalue weighted by Gasteiger charge is -2.07. The molecule has 0 aliphatic heterocycles. The second-order valence-corrected chi connectivity index (χ2v) is 6.15. The van der Waals surface area contributed by atoms with Crippen molar-refractivity contribution in [1.29, 1.82) is 0 Å². The maximum absolute atomic E-state index is 5.34. The summed E-state index contributed by atoms with van der Waals surface area (Å²) in [5.41, 5.74) is 4.53. The number of hydrogen-bond donors (Lipinski definition) is 0. The van der Waals surface area contributed by atoms with E-state index in [9.17, 15) is 0 Å². The first-order valence-electron chi connectivity index (χ1n) is 8.66. The first-order valence-corrected chi connectivity index (χ1v) is 8.66. The monoisotopic (exact) mass is 331 g/mol. The summed E-state index contributed by atoms with van der Waals surface area (Å²) in [5.74, 6) is 0.827. The zero-order valence-corrected chi connectivity index (χ0v) is 14.6. The maximum Gasteiger partial charge on any atom is 0.121 e. The van der Waals surface area contributed by atoms with Gasteiger partial charge in [-0.3, -0.25) is 9.67 Å². The van der Waals surface area contributed by atoms with Crippen LogP contribution >= 0.6 is 0 Å². The number of methoxy groups -OCH3 is 1. The van der Waals surface area contributed by atoms with Crippen LogP contribution in [0.2, 0.25) is 0 Å². The molecule has 0 aliphatic rings. The summed E-state index contributed by atoms with van der Waals surface area (Å²) in [6, 6.07) is 16.7. The molecule has 126 valence electrons. The fourth-order valence-corrected chi connectivity index (χ4v) is 3.41. The number of rotatable bonds is 5. The normalized spacial score (nSPS) is 11.3. The molecule has 0 saturated carbocycles. The summed E-state index contributed by atoms with van der Waals surface area (Å²) in [6.45, 7) is 2.99. The third-order valence-electron chi connectivity index (χ3n) is 4.68. The highest BCUT2D eigenvalue weighted by atomic mass is 16.5. The Balaban J connectivity index is 1.84. The van der Waals surface area contributed by atoms with Gasteiger partial charge in [0.15, 0.2) is 0 Å². The number of aryl methyl sites for hydroxylation is 3. The summed E-state index contributed by atoms with van der Waals surface area (Å²) in [7, 11) is 1.68. The minimum absolute atomic E-state index is 0.827. The van der Waals surface area contributed by atoms with Crippen LogP contribution in [0.4, 0.5) is 0 Å². The van der Waals surface area contributed by atoms with Crippen LogP contribution in [0.5, 0.6) is 5.75 Å². The van der Waals surface area contributed by atoms with E-state index in [1.54, 1.807) is 7.11 Å². The number of pyridine rings is 1. The predicted octanol–water partition coefficient (Wildman–Crippen LogP) is 4.40. The second kappa shape index (κ2) is 6.55. The van der Waals surface area contributed by atoms with Crippen molar-refractivity contribution in [2.45, 2.75) is 26.3 Å². The Hall–Kier alpha value is -2.88. The molecule has 2 aromatic heterocycles. The van der Waals surface area contributed by atoms with Crippen LogP contribution in [-0.4, -0.2) is 21.9 Å². The first kappa shape index (κ1) is 15.6. The standard InChI is InChI=1S/C21H21N3O/c1-3-24-20(12-9-15-7-5-4-6-8-15)21-17-11-10-16(25-2)13-18(17)22-14-19(21)23-24/h4-8,10-11,13-14H,3,9,12H2,1-2H3. The maximum atomic E-state index is 5.34. The molecule has 0 radical (unpaired) electrons. The number of benzene rings is 2. The van der Waals surface area contributed by atoms with Gasteiger partial charge in [0.1, 0.15) is 11.3 Å². The molecule has 0 spiro atoms. The Morgan fingerprint density at radius 2 is 1.84 bits per heavy atom. The van der Waals surface area contributed by atoms with Gasteiger partial charge in [-0.25, -0.2) is 0 Å². The Bertz CT molecular complexity index is 1020. The largest absolute Gasteiger partial charge is 0.497 e. The van der Waals surface area contributed by atoms with Crippen molar-refractivity contribution in [3.63, 3.8) is 0 Å². The van der Waals surface area contributed by atoms with Gasteiger partial charge in [-0.2, -0.15) is 5.10 Å². The van der Waals surface area contributed by atoms with Gasteiger partial charge < -0.3 is 4.74 Å². The molecule has 0 aliphatic carbocycles. The minimum Gasteiger partial charge on any atom is -0.497 e. The van der Waals surface area contributed by atoms with Crippen molar-refractivity contribution in [2.24, 2.45) is 0 Å². The molecule has 0 fully saturated rings. The molecule has 2 heterocycles. The van der Waals surface area contributed by atoms with Crippen LogP contribution in [0.3, 0.4) is 0 Å². The van der Waals surface area contributed by atoms with Crippen molar-refractivity contribution in [3.8, 4) is 5.75 Å². The molecular weight excluding hydrogens is 310 g/mol. The second-order valence-electron chi connectivity index (χ2n) is 6.15. The summed E-state index contributed by atoms with van der Waals surface area (Å²) >= 11 is 0. The molecular formula is C21H21N3O. The molecule has 0 unspecified atom stereocenters. The molecule has 0 bridgehead atoms. The van der Waals surface area contributed by atoms with E-state index in [1.165, 1.54) is 16.6 Å². The van der Waals surface area contributed by atoms with E-state index in [0.717, 1.165) is 41.6 Å². The van der Waals surface area contributed by atoms with Crippen LogP contribution in [0, 0.1) is 0 Å². The average Bonchev–Trinajstić information content (AvgIpc) is 3.04. The van der Waals surface area contributed by atoms with Crippen LogP contribution in [0.15, 0.2) is 54.7 Å². The number of fused-ring (bicyclic) bond motifs is 3. The van der Waals surface area contributed by atoms with Gasteiger partial charge in [0, 0.05) is 29.1 Å². The van der Waals surface area contributed by atoms with Crippen LogP contribution in [-0.2, 0) is 19.4 Å². The topological polar surface area (TPSA) is 39.9 Å². The van der Waals surface area contributed by atoms with Gasteiger partial charge in [0.25, 0.3) is 0 Å². The van der Waals surface area contributed by atoms with Crippen molar-refractivity contribution in [3.05, 3.63) is 66.0 Å². The molecule has 4 nitrogen and oxygen atoms in total. The summed E-state index contributed by atoms with van der Waals surface area (Å²) in [6.07, 6.45) is 3.83. The van der Waals surface area contributed by atoms with Crippen molar-refractivity contribution in [1.82, 2.24) is 14.8 Å². The van der Waals surface area contributed by atoms with E-state index in [4.69, 9.17) is 9.84 Å². The molecule has 4 rings (SSSR count). The number of ether oxygens (including phenoxy) is 1. The Morgan fingerprint density at radius 3 is 2.60 bits per heavy atom. The summed E-state index contributed by atoms with van der Waals surface area (Å²) in [5, 5.41) is 7.11. The first-order chi connectivity index (χ1) is 12.3. The zero-order chi connectivity index (χ0) is 17.2. The van der Waals surface area contributed by atoms with Crippen molar-refractivity contribution >= 4 is 21.8 Å². The highest BCUT2D eigenvalue weighted by Crippen LogP contribution is 2.29. The molecule has 0 N–H and O–H groups in total. The van der Waals surface area contributed by atoms with Gasteiger partial charge in [0.2, 0.25) is 0 Å².